The minimum atomic E-state index is -0.362. The van der Waals surface area contributed by atoms with E-state index in [1.54, 1.807) is 6.07 Å². The number of carbonyl (C=O) groups excluding carboxylic acids is 2. The maximum atomic E-state index is 12.2. The van der Waals surface area contributed by atoms with Crippen molar-refractivity contribution in [2.24, 2.45) is 11.7 Å². The molecule has 3 N–H and O–H groups in total. The van der Waals surface area contributed by atoms with E-state index in [9.17, 15) is 9.59 Å². The molecule has 19 heavy (non-hydrogen) atoms. The lowest BCUT2D eigenvalue weighted by molar-refractivity contribution is -0.122. The van der Waals surface area contributed by atoms with Crippen LogP contribution in [0.15, 0.2) is 36.4 Å². The SMILES string of the molecule is Cc1ccccc1C(=O)N[C@@H]1CC=CC[C@@H]1C(N)=O. The van der Waals surface area contributed by atoms with Gasteiger partial charge in [-0.15, -0.1) is 0 Å². The van der Waals surface area contributed by atoms with Crippen molar-refractivity contribution >= 4 is 11.8 Å². The largest absolute Gasteiger partial charge is 0.369 e. The zero-order valence-electron chi connectivity index (χ0n) is 10.9. The lowest BCUT2D eigenvalue weighted by Gasteiger charge is -2.27. The van der Waals surface area contributed by atoms with Crippen molar-refractivity contribution in [1.29, 1.82) is 0 Å². The smallest absolute Gasteiger partial charge is 0.251 e. The standard InChI is InChI=1S/C15H18N2O2/c1-10-6-2-3-7-11(10)15(19)17-13-9-5-4-8-12(13)14(16)18/h2-7,12-13H,8-9H2,1H3,(H2,16,18)(H,17,19)/t12-,13+/m0/s1. The first-order valence-electron chi connectivity index (χ1n) is 6.40. The van der Waals surface area contributed by atoms with Crippen LogP contribution in [0.3, 0.4) is 0 Å². The fourth-order valence-corrected chi connectivity index (χ4v) is 2.36. The van der Waals surface area contributed by atoms with E-state index in [-0.39, 0.29) is 23.8 Å². The van der Waals surface area contributed by atoms with Crippen LogP contribution in [0, 0.1) is 12.8 Å². The summed E-state index contributed by atoms with van der Waals surface area (Å²) in [5.74, 6) is -0.831. The number of nitrogens with one attached hydrogen (secondary N) is 1. The topological polar surface area (TPSA) is 72.2 Å². The summed E-state index contributed by atoms with van der Waals surface area (Å²) in [6.07, 6.45) is 5.15. The molecule has 0 fully saturated rings. The highest BCUT2D eigenvalue weighted by molar-refractivity contribution is 5.96. The first-order chi connectivity index (χ1) is 9.09. The minimum absolute atomic E-state index is 0.148. The van der Waals surface area contributed by atoms with Gasteiger partial charge in [0.25, 0.3) is 5.91 Å². The molecule has 0 saturated carbocycles. The molecule has 0 saturated heterocycles. The summed E-state index contributed by atoms with van der Waals surface area (Å²) in [6, 6.07) is 7.18. The first kappa shape index (κ1) is 13.3. The number of amides is 2. The number of primary amides is 1. The number of carbonyl (C=O) groups is 2. The van der Waals surface area contributed by atoms with Crippen LogP contribution in [0.1, 0.15) is 28.8 Å². The van der Waals surface area contributed by atoms with Gasteiger partial charge in [-0.3, -0.25) is 9.59 Å². The number of nitrogens with two attached hydrogens (primary N) is 1. The van der Waals surface area contributed by atoms with Gasteiger partial charge in [0.2, 0.25) is 5.91 Å². The fourth-order valence-electron chi connectivity index (χ4n) is 2.36. The van der Waals surface area contributed by atoms with Crippen LogP contribution in [0.4, 0.5) is 0 Å². The van der Waals surface area contributed by atoms with Gasteiger partial charge in [-0.05, 0) is 31.4 Å². The number of benzene rings is 1. The average Bonchev–Trinajstić information content (AvgIpc) is 2.39. The van der Waals surface area contributed by atoms with Crippen LogP contribution in [-0.4, -0.2) is 17.9 Å². The van der Waals surface area contributed by atoms with Gasteiger partial charge in [0.1, 0.15) is 0 Å². The van der Waals surface area contributed by atoms with Gasteiger partial charge in [0.15, 0.2) is 0 Å². The van der Waals surface area contributed by atoms with E-state index < -0.39 is 0 Å². The molecular weight excluding hydrogens is 240 g/mol. The zero-order chi connectivity index (χ0) is 13.8. The van der Waals surface area contributed by atoms with Gasteiger partial charge in [-0.1, -0.05) is 30.4 Å². The molecule has 0 aliphatic heterocycles. The number of hydrogen-bond donors (Lipinski definition) is 2. The van der Waals surface area contributed by atoms with E-state index in [2.05, 4.69) is 5.32 Å². The third-order valence-corrected chi connectivity index (χ3v) is 3.50. The Hall–Kier alpha value is -2.10. The van der Waals surface area contributed by atoms with Gasteiger partial charge in [-0.2, -0.15) is 0 Å². The molecule has 0 aromatic heterocycles. The highest BCUT2D eigenvalue weighted by Crippen LogP contribution is 2.19. The van der Waals surface area contributed by atoms with Crippen molar-refractivity contribution < 1.29 is 9.59 Å². The molecule has 100 valence electrons. The van der Waals surface area contributed by atoms with E-state index in [4.69, 9.17) is 5.73 Å². The van der Waals surface area contributed by atoms with Gasteiger partial charge >= 0.3 is 0 Å². The van der Waals surface area contributed by atoms with E-state index in [0.717, 1.165) is 5.56 Å². The number of allylic oxidation sites excluding steroid dienone is 1. The van der Waals surface area contributed by atoms with Crippen LogP contribution in [-0.2, 0) is 4.79 Å². The summed E-state index contributed by atoms with van der Waals surface area (Å²) in [4.78, 5) is 23.6. The Balaban J connectivity index is 2.12. The molecule has 2 atom stereocenters. The summed E-state index contributed by atoms with van der Waals surface area (Å²) in [5, 5.41) is 2.92. The lowest BCUT2D eigenvalue weighted by atomic mass is 9.88. The monoisotopic (exact) mass is 258 g/mol. The molecule has 4 nitrogen and oxygen atoms in total. The van der Waals surface area contributed by atoms with Gasteiger partial charge in [-0.25, -0.2) is 0 Å². The second kappa shape index (κ2) is 5.69. The first-order valence-corrected chi connectivity index (χ1v) is 6.40. The Bertz CT molecular complexity index is 523. The summed E-state index contributed by atoms with van der Waals surface area (Å²) in [5.41, 5.74) is 6.94. The molecule has 0 bridgehead atoms. The van der Waals surface area contributed by atoms with Gasteiger partial charge in [0, 0.05) is 11.6 Å². The van der Waals surface area contributed by atoms with Crippen molar-refractivity contribution in [2.75, 3.05) is 0 Å². The molecule has 4 heteroatoms. The Kier molecular flexibility index (Phi) is 4.00. The average molecular weight is 258 g/mol. The normalized spacial score (nSPS) is 21.9. The molecule has 0 spiro atoms. The Morgan fingerprint density at radius 2 is 1.89 bits per heavy atom. The summed E-state index contributed by atoms with van der Waals surface area (Å²) in [7, 11) is 0. The van der Waals surface area contributed by atoms with Crippen molar-refractivity contribution in [3.05, 3.63) is 47.5 Å². The second-order valence-corrected chi connectivity index (χ2v) is 4.85. The highest BCUT2D eigenvalue weighted by atomic mass is 16.2. The third kappa shape index (κ3) is 3.02. The quantitative estimate of drug-likeness (QED) is 0.807. The maximum absolute atomic E-state index is 12.2. The maximum Gasteiger partial charge on any atom is 0.251 e. The fraction of sp³-hybridized carbons (Fsp3) is 0.333. The van der Waals surface area contributed by atoms with E-state index >= 15 is 0 Å². The molecule has 1 aliphatic rings. The minimum Gasteiger partial charge on any atom is -0.369 e. The van der Waals surface area contributed by atoms with E-state index in [1.165, 1.54) is 0 Å². The third-order valence-electron chi connectivity index (χ3n) is 3.50. The van der Waals surface area contributed by atoms with Crippen LogP contribution >= 0.6 is 0 Å². The number of hydrogen-bond acceptors (Lipinski definition) is 2. The zero-order valence-corrected chi connectivity index (χ0v) is 10.9. The second-order valence-electron chi connectivity index (χ2n) is 4.85. The Morgan fingerprint density at radius 3 is 2.58 bits per heavy atom. The highest BCUT2D eigenvalue weighted by Gasteiger charge is 2.28. The van der Waals surface area contributed by atoms with Crippen molar-refractivity contribution in [1.82, 2.24) is 5.32 Å². The summed E-state index contributed by atoms with van der Waals surface area (Å²) < 4.78 is 0. The predicted octanol–water partition coefficient (Wildman–Crippen LogP) is 1.54. The molecule has 1 aromatic carbocycles. The van der Waals surface area contributed by atoms with Crippen LogP contribution in [0.5, 0.6) is 0 Å². The molecule has 0 unspecified atom stereocenters. The Labute approximate surface area is 112 Å². The molecule has 2 amide bonds. The summed E-state index contributed by atoms with van der Waals surface area (Å²) >= 11 is 0. The molecule has 1 aliphatic carbocycles. The summed E-state index contributed by atoms with van der Waals surface area (Å²) in [6.45, 7) is 1.89. The van der Waals surface area contributed by atoms with Crippen LogP contribution in [0.25, 0.3) is 0 Å². The predicted molar refractivity (Wildman–Crippen MR) is 73.5 cm³/mol. The van der Waals surface area contributed by atoms with Crippen molar-refractivity contribution in [3.63, 3.8) is 0 Å². The Morgan fingerprint density at radius 1 is 1.21 bits per heavy atom. The molecule has 0 radical (unpaired) electrons. The van der Waals surface area contributed by atoms with Crippen molar-refractivity contribution in [3.8, 4) is 0 Å². The number of aryl methyl sites for hydroxylation is 1. The van der Waals surface area contributed by atoms with E-state index in [0.29, 0.717) is 18.4 Å². The molecular formula is C15H18N2O2. The lowest BCUT2D eigenvalue weighted by Crippen LogP contribution is -2.46. The molecule has 1 aromatic rings. The van der Waals surface area contributed by atoms with Crippen LogP contribution < -0.4 is 11.1 Å². The van der Waals surface area contributed by atoms with Gasteiger partial charge in [0.05, 0.1) is 5.92 Å². The molecule has 0 heterocycles. The molecule has 2 rings (SSSR count). The van der Waals surface area contributed by atoms with Crippen molar-refractivity contribution in [2.45, 2.75) is 25.8 Å². The van der Waals surface area contributed by atoms with Crippen LogP contribution in [0.2, 0.25) is 0 Å². The number of rotatable bonds is 3. The van der Waals surface area contributed by atoms with E-state index in [1.807, 2.05) is 37.3 Å². The van der Waals surface area contributed by atoms with Gasteiger partial charge < -0.3 is 11.1 Å².